The predicted molar refractivity (Wildman–Crippen MR) is 75.5 cm³/mol. The van der Waals surface area contributed by atoms with Gasteiger partial charge in [0.1, 0.15) is 17.1 Å². The summed E-state index contributed by atoms with van der Waals surface area (Å²) in [5, 5.41) is 9.79. The minimum atomic E-state index is -1.02. The van der Waals surface area contributed by atoms with Crippen LogP contribution in [-0.4, -0.2) is 44.4 Å². The van der Waals surface area contributed by atoms with Gasteiger partial charge in [0.05, 0.1) is 6.54 Å². The molecular weight excluding hydrogens is 274 g/mol. The normalized spacial score (nSPS) is 16.5. The van der Waals surface area contributed by atoms with Crippen LogP contribution in [0.15, 0.2) is 6.20 Å². The molecule has 118 valence electrons. The summed E-state index contributed by atoms with van der Waals surface area (Å²) in [5.74, 6) is 0.723. The molecule has 1 aromatic rings. The lowest BCUT2D eigenvalue weighted by Crippen LogP contribution is -2.41. The van der Waals surface area contributed by atoms with Crippen molar-refractivity contribution in [2.75, 3.05) is 13.2 Å². The summed E-state index contributed by atoms with van der Waals surface area (Å²) >= 11 is 0. The Bertz CT molecular complexity index is 507. The standard InChI is InChI=1S/C14H23N3O4/c1-5-20-12(18)10-8-16-6-7-17(9-11(16)15-10)13(19)21-14(2,3)4/h8,12,18H,5-7,9H2,1-4H3. The summed E-state index contributed by atoms with van der Waals surface area (Å²) in [6.45, 7) is 9.29. The van der Waals surface area contributed by atoms with Crippen LogP contribution in [0.5, 0.6) is 0 Å². The summed E-state index contributed by atoms with van der Waals surface area (Å²) in [6.07, 6.45) is 0.397. The first-order valence-electron chi connectivity index (χ1n) is 7.13. The van der Waals surface area contributed by atoms with E-state index in [1.807, 2.05) is 32.3 Å². The lowest BCUT2D eigenvalue weighted by atomic mass is 10.2. The molecule has 1 aromatic heterocycles. The van der Waals surface area contributed by atoms with Gasteiger partial charge >= 0.3 is 6.09 Å². The molecule has 1 aliphatic heterocycles. The molecule has 0 aromatic carbocycles. The average molecular weight is 297 g/mol. The highest BCUT2D eigenvalue weighted by Crippen LogP contribution is 2.20. The van der Waals surface area contributed by atoms with Crippen molar-refractivity contribution in [3.63, 3.8) is 0 Å². The molecule has 0 bridgehead atoms. The Morgan fingerprint density at radius 1 is 1.48 bits per heavy atom. The van der Waals surface area contributed by atoms with Crippen molar-refractivity contribution in [3.8, 4) is 0 Å². The number of amides is 1. The van der Waals surface area contributed by atoms with Crippen LogP contribution in [0.1, 0.15) is 45.5 Å². The highest BCUT2D eigenvalue weighted by Gasteiger charge is 2.27. The zero-order chi connectivity index (χ0) is 15.6. The molecule has 0 fully saturated rings. The van der Waals surface area contributed by atoms with Gasteiger partial charge in [-0.1, -0.05) is 0 Å². The summed E-state index contributed by atoms with van der Waals surface area (Å²) in [4.78, 5) is 18.0. The number of imidazole rings is 1. The number of carbonyl (C=O) groups excluding carboxylic acids is 1. The van der Waals surface area contributed by atoms with E-state index >= 15 is 0 Å². The van der Waals surface area contributed by atoms with E-state index in [9.17, 15) is 9.90 Å². The zero-order valence-corrected chi connectivity index (χ0v) is 13.0. The number of fused-ring (bicyclic) bond motifs is 1. The maximum atomic E-state index is 12.1. The van der Waals surface area contributed by atoms with Crippen LogP contribution >= 0.6 is 0 Å². The Labute approximate surface area is 124 Å². The number of aliphatic hydroxyl groups excluding tert-OH is 1. The van der Waals surface area contributed by atoms with E-state index in [1.54, 1.807) is 11.1 Å². The first-order chi connectivity index (χ1) is 9.80. The fourth-order valence-electron chi connectivity index (χ4n) is 2.12. The summed E-state index contributed by atoms with van der Waals surface area (Å²) in [5.41, 5.74) is -0.0434. The van der Waals surface area contributed by atoms with E-state index in [2.05, 4.69) is 4.98 Å². The van der Waals surface area contributed by atoms with Crippen molar-refractivity contribution in [1.29, 1.82) is 0 Å². The van der Waals surface area contributed by atoms with Crippen molar-refractivity contribution < 1.29 is 19.4 Å². The third-order valence-electron chi connectivity index (χ3n) is 3.05. The number of nitrogens with zero attached hydrogens (tertiary/aromatic N) is 3. The van der Waals surface area contributed by atoms with Crippen molar-refractivity contribution in [1.82, 2.24) is 14.5 Å². The second-order valence-electron chi connectivity index (χ2n) is 5.98. The fourth-order valence-corrected chi connectivity index (χ4v) is 2.12. The summed E-state index contributed by atoms with van der Waals surface area (Å²) in [7, 11) is 0. The van der Waals surface area contributed by atoms with Gasteiger partial charge in [-0.25, -0.2) is 9.78 Å². The molecule has 7 heteroatoms. The van der Waals surface area contributed by atoms with Gasteiger partial charge in [0, 0.05) is 25.9 Å². The first kappa shape index (κ1) is 15.8. The summed E-state index contributed by atoms with van der Waals surface area (Å²) in [6, 6.07) is 0. The molecule has 0 saturated carbocycles. The Hall–Kier alpha value is -1.60. The third-order valence-corrected chi connectivity index (χ3v) is 3.05. The predicted octanol–water partition coefficient (Wildman–Crippen LogP) is 1.66. The van der Waals surface area contributed by atoms with Gasteiger partial charge < -0.3 is 19.1 Å². The van der Waals surface area contributed by atoms with Gasteiger partial charge in [0.2, 0.25) is 0 Å². The molecule has 1 amide bonds. The van der Waals surface area contributed by atoms with Gasteiger partial charge in [0.25, 0.3) is 0 Å². The van der Waals surface area contributed by atoms with Crippen LogP contribution in [0.25, 0.3) is 0 Å². The smallest absolute Gasteiger partial charge is 0.410 e. The van der Waals surface area contributed by atoms with E-state index in [0.29, 0.717) is 31.9 Å². The lowest BCUT2D eigenvalue weighted by molar-refractivity contribution is -0.101. The fraction of sp³-hybridized carbons (Fsp3) is 0.714. The Balaban J connectivity index is 2.05. The molecule has 0 radical (unpaired) electrons. The number of hydrogen-bond donors (Lipinski definition) is 1. The van der Waals surface area contributed by atoms with Crippen LogP contribution in [0.4, 0.5) is 4.79 Å². The molecule has 21 heavy (non-hydrogen) atoms. The SMILES string of the molecule is CCOC(O)c1cn2c(n1)CN(C(=O)OC(C)(C)C)CC2. The van der Waals surface area contributed by atoms with Crippen LogP contribution in [0.3, 0.4) is 0 Å². The first-order valence-corrected chi connectivity index (χ1v) is 7.13. The highest BCUT2D eigenvalue weighted by molar-refractivity contribution is 5.68. The van der Waals surface area contributed by atoms with Gasteiger partial charge in [-0.3, -0.25) is 4.90 Å². The second kappa shape index (κ2) is 6.03. The molecule has 2 heterocycles. The minimum Gasteiger partial charge on any atom is -0.444 e. The maximum absolute atomic E-state index is 12.1. The molecule has 0 aliphatic carbocycles. The molecule has 1 unspecified atom stereocenters. The van der Waals surface area contributed by atoms with Crippen molar-refractivity contribution in [2.24, 2.45) is 0 Å². The highest BCUT2D eigenvalue weighted by atomic mass is 16.6. The zero-order valence-electron chi connectivity index (χ0n) is 13.0. The van der Waals surface area contributed by atoms with Crippen molar-refractivity contribution in [3.05, 3.63) is 17.7 Å². The lowest BCUT2D eigenvalue weighted by Gasteiger charge is -2.30. The number of rotatable bonds is 3. The number of aliphatic hydroxyl groups is 1. The molecule has 1 N–H and O–H groups in total. The Morgan fingerprint density at radius 3 is 2.81 bits per heavy atom. The van der Waals surface area contributed by atoms with Gasteiger partial charge in [-0.05, 0) is 27.7 Å². The molecule has 0 saturated heterocycles. The van der Waals surface area contributed by atoms with E-state index < -0.39 is 11.9 Å². The van der Waals surface area contributed by atoms with Gasteiger partial charge in [-0.15, -0.1) is 0 Å². The van der Waals surface area contributed by atoms with Crippen LogP contribution < -0.4 is 0 Å². The molecule has 7 nitrogen and oxygen atoms in total. The van der Waals surface area contributed by atoms with E-state index in [4.69, 9.17) is 9.47 Å². The maximum Gasteiger partial charge on any atom is 0.410 e. The molecular formula is C14H23N3O4. The van der Waals surface area contributed by atoms with E-state index in [1.165, 1.54) is 0 Å². The van der Waals surface area contributed by atoms with Crippen LogP contribution in [0.2, 0.25) is 0 Å². The Kier molecular flexibility index (Phi) is 4.53. The van der Waals surface area contributed by atoms with E-state index in [0.717, 1.165) is 5.82 Å². The average Bonchev–Trinajstić information content (AvgIpc) is 2.79. The summed E-state index contributed by atoms with van der Waals surface area (Å²) < 4.78 is 12.4. The number of hydrogen-bond acceptors (Lipinski definition) is 5. The van der Waals surface area contributed by atoms with Crippen molar-refractivity contribution >= 4 is 6.09 Å². The number of aromatic nitrogens is 2. The second-order valence-corrected chi connectivity index (χ2v) is 5.98. The van der Waals surface area contributed by atoms with E-state index in [-0.39, 0.29) is 6.09 Å². The van der Waals surface area contributed by atoms with Gasteiger partial charge in [-0.2, -0.15) is 0 Å². The molecule has 1 atom stereocenters. The Morgan fingerprint density at radius 2 is 2.19 bits per heavy atom. The minimum absolute atomic E-state index is 0.344. The quantitative estimate of drug-likeness (QED) is 0.859. The molecule has 2 rings (SSSR count). The van der Waals surface area contributed by atoms with Crippen LogP contribution in [0, 0.1) is 0 Å². The van der Waals surface area contributed by atoms with Crippen LogP contribution in [-0.2, 0) is 22.6 Å². The third kappa shape index (κ3) is 3.95. The molecule has 1 aliphatic rings. The number of carbonyl (C=O) groups is 1. The monoisotopic (exact) mass is 297 g/mol. The van der Waals surface area contributed by atoms with Crippen molar-refractivity contribution in [2.45, 2.75) is 52.7 Å². The van der Waals surface area contributed by atoms with Gasteiger partial charge in [0.15, 0.2) is 6.29 Å². The molecule has 0 spiro atoms. The topological polar surface area (TPSA) is 76.8 Å². The number of ether oxygens (including phenoxy) is 2. The largest absolute Gasteiger partial charge is 0.444 e.